The Kier molecular flexibility index (Phi) is 5.42. The minimum atomic E-state index is -4.81. The van der Waals surface area contributed by atoms with Crippen molar-refractivity contribution in [1.29, 1.82) is 0 Å². The van der Waals surface area contributed by atoms with E-state index in [4.69, 9.17) is 9.84 Å². The summed E-state index contributed by atoms with van der Waals surface area (Å²) in [5.41, 5.74) is 0.124. The van der Waals surface area contributed by atoms with Crippen molar-refractivity contribution in [2.24, 2.45) is 0 Å². The van der Waals surface area contributed by atoms with Crippen LogP contribution in [0.25, 0.3) is 0 Å². The van der Waals surface area contributed by atoms with Gasteiger partial charge < -0.3 is 14.6 Å². The van der Waals surface area contributed by atoms with E-state index in [-0.39, 0.29) is 17.9 Å². The first-order valence-electron chi connectivity index (χ1n) is 5.73. The fourth-order valence-electron chi connectivity index (χ4n) is 1.39. The van der Waals surface area contributed by atoms with Crippen LogP contribution in [-0.4, -0.2) is 24.0 Å². The van der Waals surface area contributed by atoms with Crippen LogP contribution in [-0.2, 0) is 4.79 Å². The van der Waals surface area contributed by atoms with Crippen LogP contribution in [0.4, 0.5) is 13.2 Å². The van der Waals surface area contributed by atoms with E-state index in [0.717, 1.165) is 6.07 Å². The molecule has 0 aliphatic carbocycles. The molecule has 0 aromatic heterocycles. The lowest BCUT2D eigenvalue weighted by Crippen LogP contribution is -2.17. The van der Waals surface area contributed by atoms with Crippen molar-refractivity contribution in [3.05, 3.63) is 35.9 Å². The number of hydrogen-bond acceptors (Lipinski definition) is 3. The number of rotatable bonds is 6. The van der Waals surface area contributed by atoms with Gasteiger partial charge in [0, 0.05) is 5.57 Å². The Morgan fingerprint density at radius 1 is 1.30 bits per heavy atom. The molecule has 0 aliphatic rings. The van der Waals surface area contributed by atoms with Gasteiger partial charge in [-0.25, -0.2) is 4.79 Å². The van der Waals surface area contributed by atoms with Gasteiger partial charge >= 0.3 is 12.3 Å². The molecule has 0 bridgehead atoms. The Balaban J connectivity index is 2.76. The van der Waals surface area contributed by atoms with Crippen molar-refractivity contribution in [2.45, 2.75) is 19.7 Å². The standard InChI is InChI=1S/C13H13F3O4/c1-2-9(12(17)18)7-8-19-10-5-3-4-6-11(10)20-13(14,15)16/h3-7H,2,8H2,1H3,(H,17,18)/b9-7-. The van der Waals surface area contributed by atoms with Crippen molar-refractivity contribution < 1.29 is 32.5 Å². The molecule has 0 fully saturated rings. The molecule has 1 aromatic carbocycles. The number of hydrogen-bond donors (Lipinski definition) is 1. The van der Waals surface area contributed by atoms with Crippen molar-refractivity contribution in [2.75, 3.05) is 6.61 Å². The number of carboxylic acids is 1. The number of aliphatic carboxylic acids is 1. The topological polar surface area (TPSA) is 55.8 Å². The van der Waals surface area contributed by atoms with Gasteiger partial charge in [-0.05, 0) is 24.6 Å². The highest BCUT2D eigenvalue weighted by molar-refractivity contribution is 5.86. The van der Waals surface area contributed by atoms with Crippen LogP contribution in [0.2, 0.25) is 0 Å². The minimum Gasteiger partial charge on any atom is -0.486 e. The number of halogens is 3. The Morgan fingerprint density at radius 3 is 2.40 bits per heavy atom. The molecule has 0 radical (unpaired) electrons. The highest BCUT2D eigenvalue weighted by Gasteiger charge is 2.32. The Bertz CT molecular complexity index is 495. The summed E-state index contributed by atoms with van der Waals surface area (Å²) >= 11 is 0. The smallest absolute Gasteiger partial charge is 0.486 e. The predicted octanol–water partition coefficient (Wildman–Crippen LogP) is 3.39. The monoisotopic (exact) mass is 290 g/mol. The van der Waals surface area contributed by atoms with E-state index < -0.39 is 18.1 Å². The quantitative estimate of drug-likeness (QED) is 0.816. The van der Waals surface area contributed by atoms with Gasteiger partial charge in [-0.1, -0.05) is 19.1 Å². The van der Waals surface area contributed by atoms with E-state index in [0.29, 0.717) is 6.42 Å². The van der Waals surface area contributed by atoms with Gasteiger partial charge in [-0.3, -0.25) is 0 Å². The highest BCUT2D eigenvalue weighted by atomic mass is 19.4. The lowest BCUT2D eigenvalue weighted by Gasteiger charge is -2.13. The zero-order valence-electron chi connectivity index (χ0n) is 10.6. The maximum atomic E-state index is 12.2. The Labute approximate surface area is 113 Å². The zero-order valence-corrected chi connectivity index (χ0v) is 10.6. The normalized spacial score (nSPS) is 12.1. The van der Waals surface area contributed by atoms with Crippen LogP contribution in [0.1, 0.15) is 13.3 Å². The largest absolute Gasteiger partial charge is 0.573 e. The molecule has 0 saturated carbocycles. The molecular weight excluding hydrogens is 277 g/mol. The van der Waals surface area contributed by atoms with Gasteiger partial charge in [0.15, 0.2) is 11.5 Å². The van der Waals surface area contributed by atoms with Crippen LogP contribution in [0.5, 0.6) is 11.5 Å². The number of carbonyl (C=O) groups is 1. The van der Waals surface area contributed by atoms with Gasteiger partial charge in [0.25, 0.3) is 0 Å². The van der Waals surface area contributed by atoms with Crippen LogP contribution in [0, 0.1) is 0 Å². The zero-order chi connectivity index (χ0) is 15.2. The van der Waals surface area contributed by atoms with Crippen molar-refractivity contribution in [3.63, 3.8) is 0 Å². The first-order valence-corrected chi connectivity index (χ1v) is 5.73. The molecule has 110 valence electrons. The van der Waals surface area contributed by atoms with E-state index >= 15 is 0 Å². The van der Waals surface area contributed by atoms with Gasteiger partial charge in [0.2, 0.25) is 0 Å². The summed E-state index contributed by atoms with van der Waals surface area (Å²) in [5.74, 6) is -1.67. The number of benzene rings is 1. The Hall–Kier alpha value is -2.18. The summed E-state index contributed by atoms with van der Waals surface area (Å²) in [6.45, 7) is 1.49. The van der Waals surface area contributed by atoms with Crippen LogP contribution < -0.4 is 9.47 Å². The maximum absolute atomic E-state index is 12.2. The van der Waals surface area contributed by atoms with Gasteiger partial charge in [-0.15, -0.1) is 13.2 Å². The molecule has 4 nitrogen and oxygen atoms in total. The summed E-state index contributed by atoms with van der Waals surface area (Å²) in [7, 11) is 0. The number of ether oxygens (including phenoxy) is 2. The molecule has 7 heteroatoms. The third-order valence-electron chi connectivity index (χ3n) is 2.30. The number of alkyl halides is 3. The average Bonchev–Trinajstić information content (AvgIpc) is 2.34. The molecule has 0 amide bonds. The molecule has 0 atom stereocenters. The van der Waals surface area contributed by atoms with Gasteiger partial charge in [0.1, 0.15) is 6.61 Å². The summed E-state index contributed by atoms with van der Waals surface area (Å²) in [4.78, 5) is 10.7. The predicted molar refractivity (Wildman–Crippen MR) is 64.6 cm³/mol. The van der Waals surface area contributed by atoms with Crippen LogP contribution in [0.15, 0.2) is 35.9 Å². The molecule has 1 rings (SSSR count). The summed E-state index contributed by atoms with van der Waals surface area (Å²) < 4.78 is 45.4. The van der Waals surface area contributed by atoms with Gasteiger partial charge in [0.05, 0.1) is 0 Å². The lowest BCUT2D eigenvalue weighted by molar-refractivity contribution is -0.275. The van der Waals surface area contributed by atoms with E-state index in [1.165, 1.54) is 24.3 Å². The second-order valence-corrected chi connectivity index (χ2v) is 3.69. The molecule has 20 heavy (non-hydrogen) atoms. The summed E-state index contributed by atoms with van der Waals surface area (Å²) in [6.07, 6.45) is -3.23. The highest BCUT2D eigenvalue weighted by Crippen LogP contribution is 2.31. The Morgan fingerprint density at radius 2 is 1.90 bits per heavy atom. The molecule has 0 heterocycles. The van der Waals surface area contributed by atoms with Crippen LogP contribution >= 0.6 is 0 Å². The van der Waals surface area contributed by atoms with Crippen LogP contribution in [0.3, 0.4) is 0 Å². The third-order valence-corrected chi connectivity index (χ3v) is 2.30. The van der Waals surface area contributed by atoms with Crippen molar-refractivity contribution in [3.8, 4) is 11.5 Å². The second-order valence-electron chi connectivity index (χ2n) is 3.69. The van der Waals surface area contributed by atoms with Gasteiger partial charge in [-0.2, -0.15) is 0 Å². The molecule has 0 aliphatic heterocycles. The molecule has 0 spiro atoms. The van der Waals surface area contributed by atoms with E-state index in [2.05, 4.69) is 4.74 Å². The van der Waals surface area contributed by atoms with E-state index in [9.17, 15) is 18.0 Å². The summed E-state index contributed by atoms with van der Waals surface area (Å²) in [5, 5.41) is 8.78. The molecular formula is C13H13F3O4. The van der Waals surface area contributed by atoms with Crippen molar-refractivity contribution >= 4 is 5.97 Å². The molecule has 0 saturated heterocycles. The maximum Gasteiger partial charge on any atom is 0.573 e. The number of carboxylic acid groups (broad SMARTS) is 1. The molecule has 1 aromatic rings. The van der Waals surface area contributed by atoms with E-state index in [1.54, 1.807) is 6.92 Å². The fourth-order valence-corrected chi connectivity index (χ4v) is 1.39. The average molecular weight is 290 g/mol. The van der Waals surface area contributed by atoms with E-state index in [1.807, 2.05) is 0 Å². The second kappa shape index (κ2) is 6.83. The lowest BCUT2D eigenvalue weighted by atomic mass is 10.2. The first kappa shape index (κ1) is 15.9. The minimum absolute atomic E-state index is 0.109. The van der Waals surface area contributed by atoms with Crippen molar-refractivity contribution in [1.82, 2.24) is 0 Å². The summed E-state index contributed by atoms with van der Waals surface area (Å²) in [6, 6.07) is 5.28. The molecule has 1 N–H and O–H groups in total. The fraction of sp³-hybridized carbons (Fsp3) is 0.308. The molecule has 0 unspecified atom stereocenters. The first-order chi connectivity index (χ1) is 9.33. The SMILES string of the molecule is CC/C(=C/COc1ccccc1OC(F)(F)F)C(=O)O. The third kappa shape index (κ3) is 5.21. The number of para-hydroxylation sites is 2.